The van der Waals surface area contributed by atoms with E-state index in [0.29, 0.717) is 42.3 Å². The van der Waals surface area contributed by atoms with E-state index in [-0.39, 0.29) is 5.91 Å². The Morgan fingerprint density at radius 2 is 2.22 bits per heavy atom. The predicted octanol–water partition coefficient (Wildman–Crippen LogP) is 1.49. The number of anilines is 1. The molecule has 3 heterocycles. The van der Waals surface area contributed by atoms with Gasteiger partial charge < -0.3 is 10.1 Å². The highest BCUT2D eigenvalue weighted by atomic mass is 16.5. The average molecular weight is 312 g/mol. The number of amides is 1. The van der Waals surface area contributed by atoms with Crippen molar-refractivity contribution in [3.05, 3.63) is 42.5 Å². The van der Waals surface area contributed by atoms with Crippen LogP contribution >= 0.6 is 0 Å². The maximum Gasteiger partial charge on any atom is 0.231 e. The minimum atomic E-state index is -0.0580. The van der Waals surface area contributed by atoms with Gasteiger partial charge in [-0.05, 0) is 24.6 Å². The van der Waals surface area contributed by atoms with Gasteiger partial charge in [-0.1, -0.05) is 0 Å². The highest BCUT2D eigenvalue weighted by Gasteiger charge is 2.09. The van der Waals surface area contributed by atoms with Gasteiger partial charge in [0.2, 0.25) is 11.8 Å². The zero-order chi connectivity index (χ0) is 16.1. The van der Waals surface area contributed by atoms with E-state index in [1.165, 1.54) is 0 Å². The molecule has 0 spiro atoms. The molecule has 8 heteroatoms. The van der Waals surface area contributed by atoms with Crippen LogP contribution in [-0.2, 0) is 11.2 Å². The molecule has 0 saturated heterocycles. The Labute approximate surface area is 132 Å². The van der Waals surface area contributed by atoms with Gasteiger partial charge >= 0.3 is 0 Å². The van der Waals surface area contributed by atoms with Gasteiger partial charge in [0.15, 0.2) is 11.5 Å². The topological polar surface area (TPSA) is 94.3 Å². The van der Waals surface area contributed by atoms with E-state index in [0.717, 1.165) is 0 Å². The smallest absolute Gasteiger partial charge is 0.231 e. The van der Waals surface area contributed by atoms with Crippen molar-refractivity contribution in [3.8, 4) is 5.88 Å². The van der Waals surface area contributed by atoms with E-state index in [2.05, 4.69) is 25.6 Å². The number of rotatable bonds is 6. The number of hydrogen-bond acceptors (Lipinski definition) is 6. The highest BCUT2D eigenvalue weighted by molar-refractivity contribution is 5.90. The predicted molar refractivity (Wildman–Crippen MR) is 83.1 cm³/mol. The van der Waals surface area contributed by atoms with Crippen LogP contribution in [0.25, 0.3) is 5.65 Å². The third-order valence-corrected chi connectivity index (χ3v) is 3.26. The van der Waals surface area contributed by atoms with Crippen molar-refractivity contribution in [2.45, 2.75) is 19.3 Å². The number of ether oxygens (including phenoxy) is 1. The molecule has 118 valence electrons. The Morgan fingerprint density at radius 3 is 3.00 bits per heavy atom. The fourth-order valence-corrected chi connectivity index (χ4v) is 2.15. The maximum atomic E-state index is 11.9. The van der Waals surface area contributed by atoms with Crippen molar-refractivity contribution < 1.29 is 9.53 Å². The molecule has 8 nitrogen and oxygen atoms in total. The van der Waals surface area contributed by atoms with Crippen LogP contribution in [-0.4, -0.2) is 37.8 Å². The summed E-state index contributed by atoms with van der Waals surface area (Å²) >= 11 is 0. The van der Waals surface area contributed by atoms with Crippen LogP contribution in [0, 0.1) is 0 Å². The van der Waals surface area contributed by atoms with Crippen LogP contribution in [0.15, 0.2) is 36.7 Å². The van der Waals surface area contributed by atoms with E-state index in [4.69, 9.17) is 4.74 Å². The molecule has 0 aromatic carbocycles. The molecule has 0 radical (unpaired) electrons. The van der Waals surface area contributed by atoms with Crippen molar-refractivity contribution in [2.24, 2.45) is 0 Å². The van der Waals surface area contributed by atoms with Crippen LogP contribution in [0.3, 0.4) is 0 Å². The molecular formula is C15H16N6O2. The second kappa shape index (κ2) is 6.82. The summed E-state index contributed by atoms with van der Waals surface area (Å²) in [6, 6.07) is 7.09. The number of fused-ring (bicyclic) bond motifs is 1. The number of aromatic nitrogens is 5. The number of nitrogens with one attached hydrogen (secondary N) is 1. The molecule has 0 bridgehead atoms. The van der Waals surface area contributed by atoms with Crippen LogP contribution < -0.4 is 10.1 Å². The van der Waals surface area contributed by atoms with E-state index >= 15 is 0 Å². The molecule has 3 rings (SSSR count). The maximum absolute atomic E-state index is 11.9. The van der Waals surface area contributed by atoms with Crippen molar-refractivity contribution in [2.75, 3.05) is 12.4 Å². The van der Waals surface area contributed by atoms with E-state index in [1.807, 2.05) is 0 Å². The molecular weight excluding hydrogens is 296 g/mol. The van der Waals surface area contributed by atoms with Gasteiger partial charge in [-0.15, -0.1) is 15.3 Å². The molecule has 23 heavy (non-hydrogen) atoms. The standard InChI is InChI=1S/C15H16N6O2/c1-23-15-8-7-13-19-18-12(21(13)20-15)5-2-6-14(22)17-11-4-3-9-16-10-11/h3-4,7-10H,2,5-6H2,1H3,(H,17,22). The quantitative estimate of drug-likeness (QED) is 0.741. The molecule has 0 aliphatic carbocycles. The van der Waals surface area contributed by atoms with Crippen molar-refractivity contribution in [1.82, 2.24) is 24.8 Å². The molecule has 3 aromatic heterocycles. The summed E-state index contributed by atoms with van der Waals surface area (Å²) in [7, 11) is 1.56. The third kappa shape index (κ3) is 3.60. The Bertz CT molecular complexity index is 802. The fraction of sp³-hybridized carbons (Fsp3) is 0.267. The molecule has 0 atom stereocenters. The lowest BCUT2D eigenvalue weighted by atomic mass is 10.2. The first kappa shape index (κ1) is 14.9. The lowest BCUT2D eigenvalue weighted by molar-refractivity contribution is -0.116. The minimum absolute atomic E-state index is 0.0580. The van der Waals surface area contributed by atoms with Gasteiger partial charge in [-0.25, -0.2) is 0 Å². The SMILES string of the molecule is COc1ccc2nnc(CCCC(=O)Nc3cccnc3)n2n1. The lowest BCUT2D eigenvalue weighted by Gasteiger charge is -2.04. The Morgan fingerprint density at radius 1 is 1.30 bits per heavy atom. The summed E-state index contributed by atoms with van der Waals surface area (Å²) in [5.74, 6) is 1.14. The van der Waals surface area contributed by atoms with Gasteiger partial charge in [-0.3, -0.25) is 9.78 Å². The first-order valence-corrected chi connectivity index (χ1v) is 7.21. The number of aryl methyl sites for hydroxylation is 1. The number of carbonyl (C=O) groups excluding carboxylic acids is 1. The summed E-state index contributed by atoms with van der Waals surface area (Å²) in [4.78, 5) is 15.8. The minimum Gasteiger partial charge on any atom is -0.480 e. The molecule has 0 aliphatic rings. The van der Waals surface area contributed by atoms with E-state index in [1.54, 1.807) is 48.3 Å². The first-order chi connectivity index (χ1) is 11.3. The van der Waals surface area contributed by atoms with Crippen LogP contribution in [0.1, 0.15) is 18.7 Å². The zero-order valence-corrected chi connectivity index (χ0v) is 12.6. The molecule has 0 aliphatic heterocycles. The molecule has 3 aromatic rings. The summed E-state index contributed by atoms with van der Waals surface area (Å²) in [5.41, 5.74) is 1.34. The van der Waals surface area contributed by atoms with Gasteiger partial charge in [-0.2, -0.15) is 4.52 Å². The summed E-state index contributed by atoms with van der Waals surface area (Å²) in [5, 5.41) is 15.2. The number of pyridine rings is 1. The highest BCUT2D eigenvalue weighted by Crippen LogP contribution is 2.11. The monoisotopic (exact) mass is 312 g/mol. The van der Waals surface area contributed by atoms with Crippen molar-refractivity contribution in [3.63, 3.8) is 0 Å². The molecule has 0 fully saturated rings. The summed E-state index contributed by atoms with van der Waals surface area (Å²) in [6.45, 7) is 0. The normalized spacial score (nSPS) is 10.7. The zero-order valence-electron chi connectivity index (χ0n) is 12.6. The van der Waals surface area contributed by atoms with Crippen LogP contribution in [0.2, 0.25) is 0 Å². The molecule has 1 N–H and O–H groups in total. The molecule has 0 saturated carbocycles. The van der Waals surface area contributed by atoms with Gasteiger partial charge in [0, 0.05) is 25.1 Å². The second-order valence-electron chi connectivity index (χ2n) is 4.91. The molecule has 0 unspecified atom stereocenters. The summed E-state index contributed by atoms with van der Waals surface area (Å²) in [6.07, 6.45) is 4.90. The van der Waals surface area contributed by atoms with Crippen molar-refractivity contribution >= 4 is 17.2 Å². The average Bonchev–Trinajstić information content (AvgIpc) is 2.98. The largest absolute Gasteiger partial charge is 0.480 e. The number of nitrogens with zero attached hydrogens (tertiary/aromatic N) is 5. The lowest BCUT2D eigenvalue weighted by Crippen LogP contribution is -2.12. The Balaban J connectivity index is 1.57. The third-order valence-electron chi connectivity index (χ3n) is 3.26. The van der Waals surface area contributed by atoms with E-state index < -0.39 is 0 Å². The number of carbonyl (C=O) groups is 1. The number of hydrogen-bond donors (Lipinski definition) is 1. The van der Waals surface area contributed by atoms with Crippen LogP contribution in [0.4, 0.5) is 5.69 Å². The Kier molecular flexibility index (Phi) is 4.41. The van der Waals surface area contributed by atoms with Crippen molar-refractivity contribution in [1.29, 1.82) is 0 Å². The van der Waals surface area contributed by atoms with Crippen LogP contribution in [0.5, 0.6) is 5.88 Å². The number of methoxy groups -OCH3 is 1. The van der Waals surface area contributed by atoms with E-state index in [9.17, 15) is 4.79 Å². The van der Waals surface area contributed by atoms with Gasteiger partial charge in [0.25, 0.3) is 0 Å². The fourth-order valence-electron chi connectivity index (χ4n) is 2.15. The summed E-state index contributed by atoms with van der Waals surface area (Å²) < 4.78 is 6.73. The first-order valence-electron chi connectivity index (χ1n) is 7.21. The second-order valence-corrected chi connectivity index (χ2v) is 4.91. The Hall–Kier alpha value is -3.03. The van der Waals surface area contributed by atoms with Gasteiger partial charge in [0.05, 0.1) is 19.0 Å². The molecule has 1 amide bonds. The van der Waals surface area contributed by atoms with Gasteiger partial charge in [0.1, 0.15) is 0 Å².